The van der Waals surface area contributed by atoms with Gasteiger partial charge in [0.15, 0.2) is 0 Å². The maximum Gasteiger partial charge on any atom is 0.124 e. The van der Waals surface area contributed by atoms with E-state index in [1.807, 2.05) is 12.1 Å². The molecule has 1 aromatic carbocycles. The molecule has 2 atom stereocenters. The molecule has 0 aliphatic carbocycles. The second kappa shape index (κ2) is 5.16. The normalized spacial score (nSPS) is 23.4. The minimum absolute atomic E-state index is 0.0277. The molecule has 5 heteroatoms. The van der Waals surface area contributed by atoms with Crippen molar-refractivity contribution < 1.29 is 5.11 Å². The summed E-state index contributed by atoms with van der Waals surface area (Å²) in [5.74, 6) is 0.446. The van der Waals surface area contributed by atoms with E-state index in [0.717, 1.165) is 18.7 Å². The molecular weight excluding hydrogens is 250 g/mol. The number of hydrogen-bond donors (Lipinski definition) is 3. The zero-order valence-corrected chi connectivity index (χ0v) is 11.1. The van der Waals surface area contributed by atoms with Crippen LogP contribution in [0.25, 0.3) is 0 Å². The number of benzene rings is 1. The van der Waals surface area contributed by atoms with Crippen molar-refractivity contribution in [1.29, 1.82) is 5.41 Å². The third-order valence-corrected chi connectivity index (χ3v) is 3.96. The maximum absolute atomic E-state index is 9.45. The quantitative estimate of drug-likeness (QED) is 0.578. The van der Waals surface area contributed by atoms with E-state index in [4.69, 9.17) is 22.7 Å². The molecule has 0 radical (unpaired) electrons. The fourth-order valence-corrected chi connectivity index (χ4v) is 2.78. The largest absolute Gasteiger partial charge is 0.394 e. The third-order valence-electron chi connectivity index (χ3n) is 3.64. The number of nitrogen functional groups attached to an aromatic ring is 1. The second-order valence-corrected chi connectivity index (χ2v) is 5.19. The molecule has 0 spiro atoms. The van der Waals surface area contributed by atoms with Crippen molar-refractivity contribution in [2.75, 3.05) is 18.1 Å². The van der Waals surface area contributed by atoms with Crippen molar-refractivity contribution in [2.24, 2.45) is 11.7 Å². The average Bonchev–Trinajstić information content (AvgIpc) is 2.69. The van der Waals surface area contributed by atoms with Gasteiger partial charge in [-0.2, -0.15) is 0 Å². The fraction of sp³-hybridized carbons (Fsp3) is 0.462. The van der Waals surface area contributed by atoms with E-state index in [9.17, 15) is 5.11 Å². The summed E-state index contributed by atoms with van der Waals surface area (Å²) in [4.78, 5) is 2.17. The molecule has 0 amide bonds. The summed E-state index contributed by atoms with van der Waals surface area (Å²) in [6.07, 6.45) is 1.07. The molecule has 1 saturated heterocycles. The predicted octanol–water partition coefficient (Wildman–Crippen LogP) is 1.83. The molecule has 2 unspecified atom stereocenters. The lowest BCUT2D eigenvalue weighted by Crippen LogP contribution is -2.35. The summed E-state index contributed by atoms with van der Waals surface area (Å²) in [5.41, 5.74) is 6.97. The topological polar surface area (TPSA) is 73.3 Å². The van der Waals surface area contributed by atoms with E-state index in [-0.39, 0.29) is 18.5 Å². The minimum Gasteiger partial charge on any atom is -0.394 e. The Labute approximate surface area is 112 Å². The van der Waals surface area contributed by atoms with Crippen LogP contribution < -0.4 is 10.6 Å². The van der Waals surface area contributed by atoms with Gasteiger partial charge in [-0.1, -0.05) is 18.5 Å². The van der Waals surface area contributed by atoms with Crippen LogP contribution in [-0.2, 0) is 0 Å². The van der Waals surface area contributed by atoms with E-state index in [2.05, 4.69) is 11.8 Å². The van der Waals surface area contributed by atoms with Crippen LogP contribution in [0.4, 0.5) is 5.69 Å². The third kappa shape index (κ3) is 2.31. The van der Waals surface area contributed by atoms with Crippen LogP contribution in [0.2, 0.25) is 5.02 Å². The van der Waals surface area contributed by atoms with Gasteiger partial charge >= 0.3 is 0 Å². The summed E-state index contributed by atoms with van der Waals surface area (Å²) < 4.78 is 0. The van der Waals surface area contributed by atoms with Crippen molar-refractivity contribution in [3.8, 4) is 0 Å². The highest BCUT2D eigenvalue weighted by atomic mass is 35.5. The minimum atomic E-state index is -0.0277. The standard InChI is InChI=1S/C13H18ClN3O/c1-8-4-5-17(12(8)7-18)9-2-3-10(13(15)16)11(14)6-9/h2-3,6,8,12,18H,4-5,7H2,1H3,(H3,15,16). The summed E-state index contributed by atoms with van der Waals surface area (Å²) in [7, 11) is 0. The highest BCUT2D eigenvalue weighted by Gasteiger charge is 2.30. The number of aliphatic hydroxyl groups excluding tert-OH is 1. The Morgan fingerprint density at radius 1 is 1.61 bits per heavy atom. The SMILES string of the molecule is CC1CCN(c2ccc(C(=N)N)c(Cl)c2)C1CO. The number of amidine groups is 1. The first-order valence-electron chi connectivity index (χ1n) is 6.06. The fourth-order valence-electron chi connectivity index (χ4n) is 2.51. The van der Waals surface area contributed by atoms with Crippen LogP contribution in [0, 0.1) is 11.3 Å². The lowest BCUT2D eigenvalue weighted by Gasteiger charge is -2.27. The van der Waals surface area contributed by atoms with Gasteiger partial charge in [-0.25, -0.2) is 0 Å². The molecule has 4 nitrogen and oxygen atoms in total. The van der Waals surface area contributed by atoms with E-state index >= 15 is 0 Å². The first kappa shape index (κ1) is 13.2. The number of anilines is 1. The Morgan fingerprint density at radius 3 is 2.89 bits per heavy atom. The molecule has 1 aliphatic heterocycles. The molecule has 0 aromatic heterocycles. The number of nitrogens with zero attached hydrogens (tertiary/aromatic N) is 1. The maximum atomic E-state index is 9.45. The number of rotatable bonds is 3. The summed E-state index contributed by atoms with van der Waals surface area (Å²) in [6, 6.07) is 5.63. The Bertz CT molecular complexity index is 464. The molecule has 0 bridgehead atoms. The van der Waals surface area contributed by atoms with Gasteiger partial charge in [0.1, 0.15) is 5.84 Å². The molecule has 18 heavy (non-hydrogen) atoms. The molecule has 1 fully saturated rings. The van der Waals surface area contributed by atoms with Crippen molar-refractivity contribution in [3.63, 3.8) is 0 Å². The molecule has 1 aromatic rings. The number of nitrogens with two attached hydrogens (primary N) is 1. The van der Waals surface area contributed by atoms with Crippen LogP contribution in [0.15, 0.2) is 18.2 Å². The summed E-state index contributed by atoms with van der Waals surface area (Å²) in [6.45, 7) is 3.21. The number of halogens is 1. The van der Waals surface area contributed by atoms with Crippen molar-refractivity contribution >= 4 is 23.1 Å². The highest BCUT2D eigenvalue weighted by molar-refractivity contribution is 6.34. The highest BCUT2D eigenvalue weighted by Crippen LogP contribution is 2.31. The summed E-state index contributed by atoms with van der Waals surface area (Å²) >= 11 is 6.12. The van der Waals surface area contributed by atoms with Gasteiger partial charge in [-0.15, -0.1) is 0 Å². The second-order valence-electron chi connectivity index (χ2n) is 4.79. The molecule has 2 rings (SSSR count). The van der Waals surface area contributed by atoms with E-state index in [0.29, 0.717) is 16.5 Å². The van der Waals surface area contributed by atoms with Crippen molar-refractivity contribution in [2.45, 2.75) is 19.4 Å². The summed E-state index contributed by atoms with van der Waals surface area (Å²) in [5, 5.41) is 17.3. The van der Waals surface area contributed by atoms with Crippen molar-refractivity contribution in [3.05, 3.63) is 28.8 Å². The van der Waals surface area contributed by atoms with Crippen LogP contribution in [-0.4, -0.2) is 30.1 Å². The first-order valence-corrected chi connectivity index (χ1v) is 6.44. The molecule has 98 valence electrons. The van der Waals surface area contributed by atoms with Gasteiger partial charge in [0.2, 0.25) is 0 Å². The Hall–Kier alpha value is -1.26. The predicted molar refractivity (Wildman–Crippen MR) is 74.5 cm³/mol. The molecule has 1 aliphatic rings. The lowest BCUT2D eigenvalue weighted by atomic mass is 10.0. The van der Waals surface area contributed by atoms with E-state index < -0.39 is 0 Å². The van der Waals surface area contributed by atoms with Gasteiger partial charge in [0, 0.05) is 17.8 Å². The zero-order chi connectivity index (χ0) is 13.3. The van der Waals surface area contributed by atoms with E-state index in [1.165, 1.54) is 0 Å². The van der Waals surface area contributed by atoms with Gasteiger partial charge in [-0.05, 0) is 30.5 Å². The molecular formula is C13H18ClN3O. The lowest BCUT2D eigenvalue weighted by molar-refractivity contribution is 0.245. The smallest absolute Gasteiger partial charge is 0.124 e. The number of nitrogens with one attached hydrogen (secondary N) is 1. The molecule has 4 N–H and O–H groups in total. The monoisotopic (exact) mass is 267 g/mol. The number of hydrogen-bond acceptors (Lipinski definition) is 3. The van der Waals surface area contributed by atoms with Crippen LogP contribution >= 0.6 is 11.6 Å². The van der Waals surface area contributed by atoms with Gasteiger partial charge < -0.3 is 15.7 Å². The average molecular weight is 268 g/mol. The van der Waals surface area contributed by atoms with Gasteiger partial charge in [0.25, 0.3) is 0 Å². The van der Waals surface area contributed by atoms with Gasteiger partial charge in [0.05, 0.1) is 17.7 Å². The first-order chi connectivity index (χ1) is 8.54. The van der Waals surface area contributed by atoms with Crippen LogP contribution in [0.5, 0.6) is 0 Å². The van der Waals surface area contributed by atoms with Crippen molar-refractivity contribution in [1.82, 2.24) is 0 Å². The van der Waals surface area contributed by atoms with Crippen LogP contribution in [0.3, 0.4) is 0 Å². The Morgan fingerprint density at radius 2 is 2.33 bits per heavy atom. The molecule has 0 saturated carbocycles. The Kier molecular flexibility index (Phi) is 3.78. The van der Waals surface area contributed by atoms with E-state index in [1.54, 1.807) is 6.07 Å². The zero-order valence-electron chi connectivity index (χ0n) is 10.4. The Balaban J connectivity index is 2.29. The van der Waals surface area contributed by atoms with Gasteiger partial charge in [-0.3, -0.25) is 5.41 Å². The molecule has 1 heterocycles. The van der Waals surface area contributed by atoms with Crippen LogP contribution in [0.1, 0.15) is 18.9 Å². The number of aliphatic hydroxyl groups is 1.